The molecule has 3 nitrogen and oxygen atoms in total. The molecule has 0 radical (unpaired) electrons. The third-order valence-corrected chi connectivity index (χ3v) is 6.53. The smallest absolute Gasteiger partial charge is 0.183 e. The van der Waals surface area contributed by atoms with Crippen LogP contribution in [-0.2, 0) is 14.3 Å². The number of ketones is 1. The summed E-state index contributed by atoms with van der Waals surface area (Å²) in [5.41, 5.74) is 2.96. The summed E-state index contributed by atoms with van der Waals surface area (Å²) in [5, 5.41) is 0. The number of fused-ring (bicyclic) bond motifs is 2. The number of hydrogen-bond acceptors (Lipinski definition) is 3. The van der Waals surface area contributed by atoms with Crippen LogP contribution in [0, 0.1) is 16.7 Å². The molecule has 136 valence electrons. The lowest BCUT2D eigenvalue weighted by Gasteiger charge is -2.31. The van der Waals surface area contributed by atoms with Gasteiger partial charge in [-0.1, -0.05) is 45.0 Å². The normalized spacial score (nSPS) is 29.1. The molecule has 0 N–H and O–H groups in total. The Kier molecular flexibility index (Phi) is 4.91. The number of benzene rings is 1. The molecule has 1 aromatic carbocycles. The molecular formula is C22H30O3. The van der Waals surface area contributed by atoms with Crippen LogP contribution < -0.4 is 0 Å². The van der Waals surface area contributed by atoms with Gasteiger partial charge in [-0.05, 0) is 55.2 Å². The van der Waals surface area contributed by atoms with Crippen LogP contribution >= 0.6 is 0 Å². The molecule has 0 aliphatic heterocycles. The molecule has 2 aliphatic rings. The Morgan fingerprint density at radius 1 is 1.12 bits per heavy atom. The molecule has 3 rings (SSSR count). The van der Waals surface area contributed by atoms with Crippen LogP contribution in [0.4, 0.5) is 0 Å². The van der Waals surface area contributed by atoms with Gasteiger partial charge in [0.05, 0.1) is 0 Å². The molecule has 0 aromatic heterocycles. The Balaban J connectivity index is 1.84. The molecule has 0 saturated heterocycles. The van der Waals surface area contributed by atoms with E-state index >= 15 is 0 Å². The van der Waals surface area contributed by atoms with Crippen molar-refractivity contribution in [1.82, 2.24) is 0 Å². The lowest BCUT2D eigenvalue weighted by atomic mass is 9.70. The first-order chi connectivity index (χ1) is 11.8. The van der Waals surface area contributed by atoms with Crippen LogP contribution in [0.3, 0.4) is 0 Å². The molecule has 2 bridgehead atoms. The van der Waals surface area contributed by atoms with Crippen molar-refractivity contribution in [2.24, 2.45) is 16.7 Å². The maximum Gasteiger partial charge on any atom is 0.183 e. The van der Waals surface area contributed by atoms with E-state index in [9.17, 15) is 4.79 Å². The highest BCUT2D eigenvalue weighted by molar-refractivity contribution is 6.07. The van der Waals surface area contributed by atoms with E-state index in [4.69, 9.17) is 9.47 Å². The molecule has 0 heterocycles. The molecule has 2 atom stereocenters. The highest BCUT2D eigenvalue weighted by Crippen LogP contribution is 2.65. The van der Waals surface area contributed by atoms with Gasteiger partial charge in [-0.25, -0.2) is 0 Å². The van der Waals surface area contributed by atoms with E-state index in [0.717, 1.165) is 29.5 Å². The maximum absolute atomic E-state index is 12.9. The Morgan fingerprint density at radius 3 is 2.20 bits per heavy atom. The second-order valence-corrected chi connectivity index (χ2v) is 7.98. The largest absolute Gasteiger partial charge is 0.349 e. The van der Waals surface area contributed by atoms with Crippen molar-refractivity contribution >= 4 is 11.9 Å². The highest BCUT2D eigenvalue weighted by Gasteiger charge is 2.63. The zero-order chi connectivity index (χ0) is 18.2. The van der Waals surface area contributed by atoms with E-state index < -0.39 is 0 Å². The quantitative estimate of drug-likeness (QED) is 0.529. The first-order valence-electron chi connectivity index (χ1n) is 9.44. The van der Waals surface area contributed by atoms with E-state index in [1.165, 1.54) is 0 Å². The zero-order valence-electron chi connectivity index (χ0n) is 16.1. The number of ether oxygens (including phenoxy) is 2. The standard InChI is InChI=1S/C22H30O3/c1-6-24-20(25-7-2)16-10-8-15(9-11-16)14-17-18-12-13-22(5,19(17)23)21(18,3)4/h8-11,14,18,20H,6-7,12-13H2,1-5H3/b17-14+. The molecule has 1 aromatic rings. The molecule has 2 unspecified atom stereocenters. The van der Waals surface area contributed by atoms with Gasteiger partial charge in [-0.3, -0.25) is 4.79 Å². The maximum atomic E-state index is 12.9. The van der Waals surface area contributed by atoms with Crippen molar-refractivity contribution in [2.45, 2.75) is 53.8 Å². The fourth-order valence-corrected chi connectivity index (χ4v) is 4.57. The molecule has 2 fully saturated rings. The van der Waals surface area contributed by atoms with Crippen molar-refractivity contribution < 1.29 is 14.3 Å². The lowest BCUT2D eigenvalue weighted by Crippen LogP contribution is -2.32. The summed E-state index contributed by atoms with van der Waals surface area (Å²) in [5.74, 6) is 0.726. The Bertz CT molecular complexity index is 665. The number of carbonyl (C=O) groups is 1. The Morgan fingerprint density at radius 2 is 1.72 bits per heavy atom. The minimum absolute atomic E-state index is 0.0604. The number of hydrogen-bond donors (Lipinski definition) is 0. The predicted octanol–water partition coefficient (Wildman–Crippen LogP) is 5.17. The summed E-state index contributed by atoms with van der Waals surface area (Å²) in [6.07, 6.45) is 3.91. The van der Waals surface area contributed by atoms with E-state index in [0.29, 0.717) is 24.9 Å². The van der Waals surface area contributed by atoms with Gasteiger partial charge >= 0.3 is 0 Å². The summed E-state index contributed by atoms with van der Waals surface area (Å²) in [4.78, 5) is 12.9. The molecule has 0 spiro atoms. The second kappa shape index (κ2) is 6.69. The van der Waals surface area contributed by atoms with Crippen LogP contribution in [0.2, 0.25) is 0 Å². The van der Waals surface area contributed by atoms with Gasteiger partial charge in [0, 0.05) is 24.2 Å². The SMILES string of the molecule is CCOC(OCC)c1ccc(/C=C2/C(=O)C3(C)CCC2C3(C)C)cc1. The third kappa shape index (κ3) is 2.88. The number of carbonyl (C=O) groups excluding carboxylic acids is 1. The third-order valence-electron chi connectivity index (χ3n) is 6.53. The van der Waals surface area contributed by atoms with Gasteiger partial charge in [0.2, 0.25) is 0 Å². The van der Waals surface area contributed by atoms with Crippen molar-refractivity contribution in [3.63, 3.8) is 0 Å². The van der Waals surface area contributed by atoms with Crippen LogP contribution in [0.1, 0.15) is 64.9 Å². The second-order valence-electron chi connectivity index (χ2n) is 7.98. The van der Waals surface area contributed by atoms with Gasteiger partial charge in [-0.15, -0.1) is 0 Å². The van der Waals surface area contributed by atoms with Crippen LogP contribution in [0.5, 0.6) is 0 Å². The molecule has 3 heteroatoms. The average molecular weight is 342 g/mol. The number of allylic oxidation sites excluding steroid dienone is 1. The van der Waals surface area contributed by atoms with Gasteiger partial charge < -0.3 is 9.47 Å². The number of rotatable bonds is 6. The molecule has 2 aliphatic carbocycles. The summed E-state index contributed by atoms with van der Waals surface area (Å²) < 4.78 is 11.3. The Hall–Kier alpha value is -1.45. The average Bonchev–Trinajstić information content (AvgIpc) is 2.89. The predicted molar refractivity (Wildman–Crippen MR) is 100 cm³/mol. The van der Waals surface area contributed by atoms with Gasteiger partial charge in [0.1, 0.15) is 0 Å². The van der Waals surface area contributed by atoms with E-state index in [1.807, 2.05) is 26.0 Å². The van der Waals surface area contributed by atoms with Gasteiger partial charge in [0.15, 0.2) is 12.1 Å². The van der Waals surface area contributed by atoms with E-state index in [2.05, 4.69) is 39.0 Å². The van der Waals surface area contributed by atoms with Crippen LogP contribution in [0.15, 0.2) is 29.8 Å². The van der Waals surface area contributed by atoms with Crippen LogP contribution in [0.25, 0.3) is 6.08 Å². The summed E-state index contributed by atoms with van der Waals surface area (Å²) in [6, 6.07) is 8.18. The minimum atomic E-state index is -0.321. The molecule has 0 amide bonds. The lowest BCUT2D eigenvalue weighted by molar-refractivity contribution is -0.140. The van der Waals surface area contributed by atoms with Crippen molar-refractivity contribution in [3.8, 4) is 0 Å². The fraction of sp³-hybridized carbons (Fsp3) is 0.591. The number of Topliss-reactive ketones (excluding diaryl/α,β-unsaturated/α-hetero) is 1. The zero-order valence-corrected chi connectivity index (χ0v) is 16.1. The highest BCUT2D eigenvalue weighted by atomic mass is 16.7. The monoisotopic (exact) mass is 342 g/mol. The van der Waals surface area contributed by atoms with E-state index in [1.54, 1.807) is 0 Å². The Labute approximate surface area is 151 Å². The first kappa shape index (κ1) is 18.3. The summed E-state index contributed by atoms with van der Waals surface area (Å²) >= 11 is 0. The molecular weight excluding hydrogens is 312 g/mol. The van der Waals surface area contributed by atoms with Crippen LogP contribution in [-0.4, -0.2) is 19.0 Å². The van der Waals surface area contributed by atoms with Gasteiger partial charge in [-0.2, -0.15) is 0 Å². The minimum Gasteiger partial charge on any atom is -0.349 e. The fourth-order valence-electron chi connectivity index (χ4n) is 4.57. The van der Waals surface area contributed by atoms with Gasteiger partial charge in [0.25, 0.3) is 0 Å². The van der Waals surface area contributed by atoms with Crippen molar-refractivity contribution in [1.29, 1.82) is 0 Å². The first-order valence-corrected chi connectivity index (χ1v) is 9.44. The molecule has 2 saturated carbocycles. The van der Waals surface area contributed by atoms with E-state index in [-0.39, 0.29) is 17.1 Å². The summed E-state index contributed by atoms with van der Waals surface area (Å²) in [7, 11) is 0. The van der Waals surface area contributed by atoms with Crippen molar-refractivity contribution in [2.75, 3.05) is 13.2 Å². The molecule has 25 heavy (non-hydrogen) atoms. The topological polar surface area (TPSA) is 35.5 Å². The summed E-state index contributed by atoms with van der Waals surface area (Å²) in [6.45, 7) is 11.8. The van der Waals surface area contributed by atoms with Crippen molar-refractivity contribution in [3.05, 3.63) is 41.0 Å².